The lowest BCUT2D eigenvalue weighted by molar-refractivity contribution is -0.138. The van der Waals surface area contributed by atoms with Gasteiger partial charge >= 0.3 is 5.97 Å². The monoisotopic (exact) mass is 368 g/mol. The smallest absolute Gasteiger partial charge is 0.312 e. The van der Waals surface area contributed by atoms with E-state index in [-0.39, 0.29) is 12.2 Å². The largest absolute Gasteiger partial charge is 0.481 e. The maximum atomic E-state index is 12.9. The number of aromatic nitrogens is 1. The first-order valence-corrected chi connectivity index (χ1v) is 8.29. The fraction of sp³-hybridized carbons (Fsp3) is 0.105. The summed E-state index contributed by atoms with van der Waals surface area (Å²) < 4.78 is 5.28. The molecule has 1 atom stereocenters. The van der Waals surface area contributed by atoms with Crippen molar-refractivity contribution >= 4 is 29.2 Å². The Morgan fingerprint density at radius 2 is 1.88 bits per heavy atom. The summed E-state index contributed by atoms with van der Waals surface area (Å²) in [6, 6.07) is 15.6. The summed E-state index contributed by atoms with van der Waals surface area (Å²) in [6.07, 6.45) is 0. The molecule has 1 aliphatic heterocycles. The van der Waals surface area contributed by atoms with Gasteiger partial charge in [0, 0.05) is 23.9 Å². The van der Waals surface area contributed by atoms with Crippen LogP contribution in [0.3, 0.4) is 0 Å². The van der Waals surface area contributed by atoms with E-state index in [0.717, 1.165) is 0 Å². The zero-order valence-electron chi connectivity index (χ0n) is 13.4. The highest BCUT2D eigenvalue weighted by Gasteiger charge is 2.37. The number of carboxylic acids is 1. The van der Waals surface area contributed by atoms with E-state index in [1.807, 2.05) is 0 Å². The lowest BCUT2D eigenvalue weighted by Crippen LogP contribution is -2.31. The molecular formula is C19H13ClN2O4. The third-order valence-electron chi connectivity index (χ3n) is 4.38. The number of anilines is 1. The Morgan fingerprint density at radius 3 is 2.65 bits per heavy atom. The minimum atomic E-state index is -0.968. The predicted molar refractivity (Wildman–Crippen MR) is 95.4 cm³/mol. The van der Waals surface area contributed by atoms with Gasteiger partial charge in [-0.2, -0.15) is 0 Å². The van der Waals surface area contributed by atoms with E-state index in [1.54, 1.807) is 48.5 Å². The standard InChI is InChI=1S/C19H13ClN2O4/c20-14-7-3-1-6-12(14)17-9-15(21-26-17)18(23)22-10-13(19(24)25)11-5-2-4-8-16(11)22/h1-9,13H,10H2,(H,24,25). The van der Waals surface area contributed by atoms with Crippen molar-refractivity contribution in [1.29, 1.82) is 0 Å². The number of carboxylic acid groups (broad SMARTS) is 1. The first-order valence-electron chi connectivity index (χ1n) is 7.91. The fourth-order valence-electron chi connectivity index (χ4n) is 3.11. The molecule has 0 aliphatic carbocycles. The van der Waals surface area contributed by atoms with E-state index in [2.05, 4.69) is 5.16 Å². The van der Waals surface area contributed by atoms with Gasteiger partial charge in [0.1, 0.15) is 5.92 Å². The molecule has 4 rings (SSSR count). The molecule has 0 saturated heterocycles. The SMILES string of the molecule is O=C(O)C1CN(C(=O)c2cc(-c3ccccc3Cl)on2)c2ccccc21. The first-order chi connectivity index (χ1) is 12.6. The van der Waals surface area contributed by atoms with Gasteiger partial charge in [0.2, 0.25) is 0 Å². The molecule has 2 heterocycles. The number of hydrogen-bond donors (Lipinski definition) is 1. The maximum Gasteiger partial charge on any atom is 0.312 e. The van der Waals surface area contributed by atoms with Gasteiger partial charge in [0.25, 0.3) is 5.91 Å². The zero-order valence-corrected chi connectivity index (χ0v) is 14.2. The summed E-state index contributed by atoms with van der Waals surface area (Å²) in [4.78, 5) is 25.8. The number of fused-ring (bicyclic) bond motifs is 1. The van der Waals surface area contributed by atoms with Crippen molar-refractivity contribution in [3.05, 3.63) is 70.9 Å². The molecule has 0 radical (unpaired) electrons. The minimum absolute atomic E-state index is 0.0573. The van der Waals surface area contributed by atoms with E-state index in [0.29, 0.717) is 27.6 Å². The van der Waals surface area contributed by atoms with Crippen LogP contribution in [0, 0.1) is 0 Å². The molecule has 1 unspecified atom stereocenters. The van der Waals surface area contributed by atoms with Crippen LogP contribution in [0.5, 0.6) is 0 Å². The average molecular weight is 369 g/mol. The molecule has 1 amide bonds. The number of halogens is 1. The third-order valence-corrected chi connectivity index (χ3v) is 4.71. The van der Waals surface area contributed by atoms with Crippen LogP contribution in [0.1, 0.15) is 22.0 Å². The number of benzene rings is 2. The summed E-state index contributed by atoms with van der Waals surface area (Å²) in [5, 5.41) is 13.8. The number of aliphatic carboxylic acids is 1. The lowest BCUT2D eigenvalue weighted by Gasteiger charge is -2.15. The van der Waals surface area contributed by atoms with E-state index in [1.165, 1.54) is 11.0 Å². The van der Waals surface area contributed by atoms with Crippen LogP contribution in [0.25, 0.3) is 11.3 Å². The predicted octanol–water partition coefficient (Wildman–Crippen LogP) is 3.82. The molecule has 0 saturated carbocycles. The number of carbonyl (C=O) groups excluding carboxylic acids is 1. The number of amides is 1. The number of carbonyl (C=O) groups is 2. The Morgan fingerprint density at radius 1 is 1.15 bits per heavy atom. The van der Waals surface area contributed by atoms with Gasteiger partial charge in [-0.25, -0.2) is 0 Å². The molecular weight excluding hydrogens is 356 g/mol. The second-order valence-electron chi connectivity index (χ2n) is 5.92. The van der Waals surface area contributed by atoms with Gasteiger partial charge in [0.05, 0.1) is 5.02 Å². The highest BCUT2D eigenvalue weighted by molar-refractivity contribution is 6.33. The van der Waals surface area contributed by atoms with Crippen LogP contribution in [0.15, 0.2) is 59.1 Å². The van der Waals surface area contributed by atoms with Crippen molar-refractivity contribution in [2.24, 2.45) is 0 Å². The lowest BCUT2D eigenvalue weighted by atomic mass is 10.0. The van der Waals surface area contributed by atoms with E-state index < -0.39 is 17.8 Å². The maximum absolute atomic E-state index is 12.9. The van der Waals surface area contributed by atoms with Crippen molar-refractivity contribution in [3.8, 4) is 11.3 Å². The molecule has 0 fully saturated rings. The summed E-state index contributed by atoms with van der Waals surface area (Å²) in [5.74, 6) is -1.76. The second kappa shape index (κ2) is 6.31. The van der Waals surface area contributed by atoms with Crippen LogP contribution in [-0.4, -0.2) is 28.7 Å². The minimum Gasteiger partial charge on any atom is -0.481 e. The average Bonchev–Trinajstić information content (AvgIpc) is 3.27. The molecule has 1 aromatic heterocycles. The van der Waals surface area contributed by atoms with Crippen LogP contribution < -0.4 is 4.90 Å². The second-order valence-corrected chi connectivity index (χ2v) is 6.33. The molecule has 2 aromatic carbocycles. The third kappa shape index (κ3) is 2.64. The number of rotatable bonds is 3. The van der Waals surface area contributed by atoms with Crippen molar-refractivity contribution in [2.45, 2.75) is 5.92 Å². The first kappa shape index (κ1) is 16.4. The molecule has 6 nitrogen and oxygen atoms in total. The number of para-hydroxylation sites is 1. The van der Waals surface area contributed by atoms with Crippen LogP contribution in [0.2, 0.25) is 5.02 Å². The number of nitrogens with zero attached hydrogens (tertiary/aromatic N) is 2. The van der Waals surface area contributed by atoms with Gasteiger partial charge < -0.3 is 14.5 Å². The summed E-state index contributed by atoms with van der Waals surface area (Å²) >= 11 is 6.15. The molecule has 130 valence electrons. The molecule has 1 aliphatic rings. The number of hydrogen-bond acceptors (Lipinski definition) is 4. The van der Waals surface area contributed by atoms with E-state index in [9.17, 15) is 14.7 Å². The molecule has 3 aromatic rings. The summed E-state index contributed by atoms with van der Waals surface area (Å²) in [7, 11) is 0. The quantitative estimate of drug-likeness (QED) is 0.759. The van der Waals surface area contributed by atoms with Crippen molar-refractivity contribution in [1.82, 2.24) is 5.16 Å². The van der Waals surface area contributed by atoms with Crippen molar-refractivity contribution in [2.75, 3.05) is 11.4 Å². The Kier molecular flexibility index (Phi) is 3.97. The van der Waals surface area contributed by atoms with Gasteiger partial charge in [-0.05, 0) is 23.8 Å². The van der Waals surface area contributed by atoms with Crippen LogP contribution in [-0.2, 0) is 4.79 Å². The van der Waals surface area contributed by atoms with Gasteiger partial charge in [-0.1, -0.05) is 47.1 Å². The van der Waals surface area contributed by atoms with Crippen LogP contribution >= 0.6 is 11.6 Å². The molecule has 7 heteroatoms. The highest BCUT2D eigenvalue weighted by Crippen LogP contribution is 2.37. The molecule has 1 N–H and O–H groups in total. The highest BCUT2D eigenvalue weighted by atomic mass is 35.5. The molecule has 26 heavy (non-hydrogen) atoms. The molecule has 0 bridgehead atoms. The zero-order chi connectivity index (χ0) is 18.3. The topological polar surface area (TPSA) is 83.6 Å². The molecule has 0 spiro atoms. The van der Waals surface area contributed by atoms with Crippen LogP contribution in [0.4, 0.5) is 5.69 Å². The van der Waals surface area contributed by atoms with Gasteiger partial charge in [-0.3, -0.25) is 9.59 Å². The Bertz CT molecular complexity index is 1010. The van der Waals surface area contributed by atoms with Gasteiger partial charge in [-0.15, -0.1) is 0 Å². The normalized spacial score (nSPS) is 15.7. The van der Waals surface area contributed by atoms with Gasteiger partial charge in [0.15, 0.2) is 11.5 Å². The van der Waals surface area contributed by atoms with Crippen molar-refractivity contribution in [3.63, 3.8) is 0 Å². The Balaban J connectivity index is 1.67. The van der Waals surface area contributed by atoms with E-state index >= 15 is 0 Å². The fourth-order valence-corrected chi connectivity index (χ4v) is 3.34. The summed E-state index contributed by atoms with van der Waals surface area (Å²) in [6.45, 7) is 0.0573. The Labute approximate surface area is 153 Å². The Hall–Kier alpha value is -3.12. The van der Waals surface area contributed by atoms with Crippen molar-refractivity contribution < 1.29 is 19.2 Å². The summed E-state index contributed by atoms with van der Waals surface area (Å²) in [5.41, 5.74) is 1.92. The van der Waals surface area contributed by atoms with E-state index in [4.69, 9.17) is 16.1 Å².